The SMILES string of the molecule is CCNC(C#N)(CN1CCOC2CCCCC21)C1CC1. The third-order valence-electron chi connectivity index (χ3n) is 5.27. The minimum absolute atomic E-state index is 0.325. The number of hydrogen-bond donors (Lipinski definition) is 1. The zero-order chi connectivity index (χ0) is 14.0. The van der Waals surface area contributed by atoms with Crippen LogP contribution < -0.4 is 5.32 Å². The van der Waals surface area contributed by atoms with Crippen LogP contribution in [0.5, 0.6) is 0 Å². The molecule has 3 fully saturated rings. The molecule has 2 saturated carbocycles. The highest BCUT2D eigenvalue weighted by Gasteiger charge is 2.48. The van der Waals surface area contributed by atoms with E-state index in [1.165, 1.54) is 38.5 Å². The molecule has 2 aliphatic carbocycles. The number of morpholine rings is 1. The largest absolute Gasteiger partial charge is 0.375 e. The molecule has 0 aromatic rings. The standard InChI is InChI=1S/C16H27N3O/c1-2-18-16(11-17,13-7-8-13)12-19-9-10-20-15-6-4-3-5-14(15)19/h13-15,18H,2-10,12H2,1H3. The van der Waals surface area contributed by atoms with E-state index in [2.05, 4.69) is 23.2 Å². The molecule has 20 heavy (non-hydrogen) atoms. The summed E-state index contributed by atoms with van der Waals surface area (Å²) in [7, 11) is 0. The van der Waals surface area contributed by atoms with Crippen molar-refractivity contribution in [3.8, 4) is 6.07 Å². The van der Waals surface area contributed by atoms with E-state index >= 15 is 0 Å². The lowest BCUT2D eigenvalue weighted by Gasteiger charge is -2.46. The number of nitriles is 1. The molecule has 0 bridgehead atoms. The van der Waals surface area contributed by atoms with Gasteiger partial charge in [0.25, 0.3) is 0 Å². The van der Waals surface area contributed by atoms with Gasteiger partial charge in [-0.3, -0.25) is 10.2 Å². The normalized spacial score (nSPS) is 34.0. The minimum Gasteiger partial charge on any atom is -0.375 e. The molecule has 0 radical (unpaired) electrons. The van der Waals surface area contributed by atoms with E-state index in [9.17, 15) is 5.26 Å². The summed E-state index contributed by atoms with van der Waals surface area (Å²) in [5.41, 5.74) is -0.325. The van der Waals surface area contributed by atoms with Gasteiger partial charge >= 0.3 is 0 Å². The van der Waals surface area contributed by atoms with Crippen molar-refractivity contribution in [2.24, 2.45) is 5.92 Å². The second-order valence-electron chi connectivity index (χ2n) is 6.62. The lowest BCUT2D eigenvalue weighted by Crippen LogP contribution is -2.61. The Bertz CT molecular complexity index is 374. The van der Waals surface area contributed by atoms with Crippen LogP contribution in [0, 0.1) is 17.2 Å². The summed E-state index contributed by atoms with van der Waals surface area (Å²) >= 11 is 0. The van der Waals surface area contributed by atoms with Gasteiger partial charge in [0, 0.05) is 19.1 Å². The van der Waals surface area contributed by atoms with Crippen LogP contribution in [-0.2, 0) is 4.74 Å². The first-order valence-corrected chi connectivity index (χ1v) is 8.31. The third-order valence-corrected chi connectivity index (χ3v) is 5.27. The summed E-state index contributed by atoms with van der Waals surface area (Å²) in [5.74, 6) is 0.553. The average molecular weight is 277 g/mol. The Labute approximate surface area is 122 Å². The molecule has 0 aromatic heterocycles. The second kappa shape index (κ2) is 6.01. The van der Waals surface area contributed by atoms with Crippen LogP contribution in [0.15, 0.2) is 0 Å². The molecule has 0 amide bonds. The molecule has 3 unspecified atom stereocenters. The van der Waals surface area contributed by atoms with Crippen molar-refractivity contribution >= 4 is 0 Å². The van der Waals surface area contributed by atoms with Crippen LogP contribution in [0.3, 0.4) is 0 Å². The molecule has 3 aliphatic rings. The zero-order valence-electron chi connectivity index (χ0n) is 12.6. The van der Waals surface area contributed by atoms with Gasteiger partial charge in [-0.25, -0.2) is 0 Å². The number of rotatable bonds is 5. The topological polar surface area (TPSA) is 48.3 Å². The number of nitrogens with one attached hydrogen (secondary N) is 1. The first-order chi connectivity index (χ1) is 9.79. The van der Waals surface area contributed by atoms with Crippen molar-refractivity contribution < 1.29 is 4.74 Å². The number of fused-ring (bicyclic) bond motifs is 1. The van der Waals surface area contributed by atoms with E-state index in [1.54, 1.807) is 0 Å². The molecule has 0 spiro atoms. The number of ether oxygens (including phenoxy) is 1. The molecular formula is C16H27N3O. The lowest BCUT2D eigenvalue weighted by atomic mass is 9.87. The Morgan fingerprint density at radius 1 is 1.30 bits per heavy atom. The van der Waals surface area contributed by atoms with Gasteiger partial charge in [-0.1, -0.05) is 19.8 Å². The molecule has 1 aliphatic heterocycles. The number of likely N-dealkylation sites (N-methyl/N-ethyl adjacent to an activating group) is 1. The average Bonchev–Trinajstić information content (AvgIpc) is 3.32. The summed E-state index contributed by atoms with van der Waals surface area (Å²) in [5, 5.41) is 13.3. The van der Waals surface area contributed by atoms with Crippen LogP contribution in [0.25, 0.3) is 0 Å². The van der Waals surface area contributed by atoms with E-state index in [4.69, 9.17) is 4.74 Å². The maximum atomic E-state index is 9.77. The molecule has 4 heteroatoms. The van der Waals surface area contributed by atoms with Crippen molar-refractivity contribution in [2.75, 3.05) is 26.2 Å². The van der Waals surface area contributed by atoms with Crippen LogP contribution in [-0.4, -0.2) is 48.8 Å². The maximum absolute atomic E-state index is 9.77. The highest BCUT2D eigenvalue weighted by Crippen LogP contribution is 2.41. The molecule has 3 rings (SSSR count). The molecule has 0 aromatic carbocycles. The van der Waals surface area contributed by atoms with Gasteiger partial charge in [-0.2, -0.15) is 5.26 Å². The maximum Gasteiger partial charge on any atom is 0.122 e. The fourth-order valence-electron chi connectivity index (χ4n) is 4.08. The summed E-state index contributed by atoms with van der Waals surface area (Å²) in [6, 6.07) is 3.17. The first-order valence-electron chi connectivity index (χ1n) is 8.31. The van der Waals surface area contributed by atoms with Crippen LogP contribution in [0.2, 0.25) is 0 Å². The predicted molar refractivity (Wildman–Crippen MR) is 78.3 cm³/mol. The van der Waals surface area contributed by atoms with Crippen molar-refractivity contribution in [2.45, 2.75) is 63.1 Å². The van der Waals surface area contributed by atoms with Gasteiger partial charge in [-0.05, 0) is 38.1 Å². The minimum atomic E-state index is -0.325. The monoisotopic (exact) mass is 277 g/mol. The van der Waals surface area contributed by atoms with Crippen molar-refractivity contribution in [1.29, 1.82) is 5.26 Å². The predicted octanol–water partition coefficient (Wildman–Crippen LogP) is 1.91. The van der Waals surface area contributed by atoms with Gasteiger partial charge in [0.15, 0.2) is 0 Å². The van der Waals surface area contributed by atoms with Gasteiger partial charge in [0.1, 0.15) is 5.54 Å². The molecule has 1 N–H and O–H groups in total. The fourth-order valence-corrected chi connectivity index (χ4v) is 4.08. The summed E-state index contributed by atoms with van der Waals surface area (Å²) in [6.45, 7) is 5.69. The van der Waals surface area contributed by atoms with Gasteiger partial charge in [0.2, 0.25) is 0 Å². The van der Waals surface area contributed by atoms with Crippen LogP contribution in [0.1, 0.15) is 45.4 Å². The Kier molecular flexibility index (Phi) is 4.30. The summed E-state index contributed by atoms with van der Waals surface area (Å²) < 4.78 is 5.95. The highest BCUT2D eigenvalue weighted by molar-refractivity contribution is 5.17. The van der Waals surface area contributed by atoms with Crippen LogP contribution >= 0.6 is 0 Å². The van der Waals surface area contributed by atoms with Crippen molar-refractivity contribution in [3.05, 3.63) is 0 Å². The smallest absolute Gasteiger partial charge is 0.122 e. The van der Waals surface area contributed by atoms with E-state index in [0.717, 1.165) is 26.2 Å². The molecular weight excluding hydrogens is 250 g/mol. The molecule has 3 atom stereocenters. The van der Waals surface area contributed by atoms with Gasteiger partial charge < -0.3 is 4.74 Å². The highest BCUT2D eigenvalue weighted by atomic mass is 16.5. The molecule has 1 heterocycles. The van der Waals surface area contributed by atoms with Crippen molar-refractivity contribution in [1.82, 2.24) is 10.2 Å². The van der Waals surface area contributed by atoms with Crippen molar-refractivity contribution in [3.63, 3.8) is 0 Å². The number of nitrogens with zero attached hydrogens (tertiary/aromatic N) is 2. The molecule has 1 saturated heterocycles. The Morgan fingerprint density at radius 3 is 2.80 bits per heavy atom. The van der Waals surface area contributed by atoms with E-state index < -0.39 is 0 Å². The van der Waals surface area contributed by atoms with Crippen LogP contribution in [0.4, 0.5) is 0 Å². The second-order valence-corrected chi connectivity index (χ2v) is 6.62. The van der Waals surface area contributed by atoms with E-state index in [0.29, 0.717) is 18.1 Å². The van der Waals surface area contributed by atoms with Gasteiger partial charge in [-0.15, -0.1) is 0 Å². The molecule has 112 valence electrons. The number of hydrogen-bond acceptors (Lipinski definition) is 4. The molecule has 4 nitrogen and oxygen atoms in total. The summed E-state index contributed by atoms with van der Waals surface area (Å²) in [4.78, 5) is 2.55. The first kappa shape index (κ1) is 14.3. The van der Waals surface area contributed by atoms with Gasteiger partial charge in [0.05, 0.1) is 18.8 Å². The van der Waals surface area contributed by atoms with E-state index in [1.807, 2.05) is 0 Å². The fraction of sp³-hybridized carbons (Fsp3) is 0.938. The Balaban J connectivity index is 1.72. The quantitative estimate of drug-likeness (QED) is 0.834. The Morgan fingerprint density at radius 2 is 2.10 bits per heavy atom. The van der Waals surface area contributed by atoms with E-state index in [-0.39, 0.29) is 5.54 Å². The zero-order valence-corrected chi connectivity index (χ0v) is 12.6. The third kappa shape index (κ3) is 2.72. The Hall–Kier alpha value is -0.630. The summed E-state index contributed by atoms with van der Waals surface area (Å²) in [6.07, 6.45) is 7.88. The lowest BCUT2D eigenvalue weighted by molar-refractivity contribution is -0.0934.